The van der Waals surface area contributed by atoms with Crippen LogP contribution in [0.25, 0.3) is 0 Å². The van der Waals surface area contributed by atoms with Crippen LogP contribution in [0.5, 0.6) is 6.01 Å². The fourth-order valence-corrected chi connectivity index (χ4v) is 5.66. The summed E-state index contributed by atoms with van der Waals surface area (Å²) >= 11 is 0. The summed E-state index contributed by atoms with van der Waals surface area (Å²) in [5, 5.41) is 3.14. The molecule has 0 fully saturated rings. The molecule has 14 heteroatoms. The monoisotopic (exact) mass is 658 g/mol. The Kier molecular flexibility index (Phi) is 9.00. The van der Waals surface area contributed by atoms with Gasteiger partial charge in [0.1, 0.15) is 5.54 Å². The number of para-hydroxylation sites is 1. The van der Waals surface area contributed by atoms with Crippen LogP contribution in [-0.4, -0.2) is 41.6 Å². The Morgan fingerprint density at radius 2 is 1.47 bits per heavy atom. The highest BCUT2D eigenvalue weighted by Crippen LogP contribution is 2.43. The number of benzene rings is 3. The van der Waals surface area contributed by atoms with Gasteiger partial charge in [-0.05, 0) is 55.3 Å². The van der Waals surface area contributed by atoms with Crippen molar-refractivity contribution < 1.29 is 45.4 Å². The summed E-state index contributed by atoms with van der Waals surface area (Å²) in [6, 6.07) is 17.4. The number of aryl methyl sites for hydroxylation is 2. The van der Waals surface area contributed by atoms with E-state index in [0.717, 1.165) is 12.0 Å². The number of carbonyl (C=O) groups excluding carboxylic acids is 2. The van der Waals surface area contributed by atoms with E-state index in [1.165, 1.54) is 6.07 Å². The third-order valence-electron chi connectivity index (χ3n) is 7.65. The Labute approximate surface area is 265 Å². The molecule has 0 aliphatic carbocycles. The molecule has 0 spiro atoms. The van der Waals surface area contributed by atoms with Gasteiger partial charge in [-0.2, -0.15) is 26.3 Å². The van der Waals surface area contributed by atoms with Gasteiger partial charge in [-0.25, -0.2) is 14.8 Å². The SMILES string of the molecule is COC(=O)[C@@H](Oc1nc(C)cc(C)n1)[C@@]1(c2ccccc2)NCC(=O)N(Cc2cc(C(F)(F)F)cc(C(F)(F)F)c2)c2ccccc21. The lowest BCUT2D eigenvalue weighted by molar-refractivity contribution is -0.153. The summed E-state index contributed by atoms with van der Waals surface area (Å²) in [7, 11) is 1.14. The first-order chi connectivity index (χ1) is 22.1. The maximum absolute atomic E-state index is 13.8. The smallest absolute Gasteiger partial charge is 0.416 e. The number of methoxy groups -OCH3 is 1. The predicted molar refractivity (Wildman–Crippen MR) is 157 cm³/mol. The van der Waals surface area contributed by atoms with E-state index in [0.29, 0.717) is 29.1 Å². The van der Waals surface area contributed by atoms with Gasteiger partial charge in [0.05, 0.1) is 31.3 Å². The van der Waals surface area contributed by atoms with Crippen LogP contribution in [0.15, 0.2) is 78.9 Å². The van der Waals surface area contributed by atoms with Crippen molar-refractivity contribution in [1.29, 1.82) is 0 Å². The van der Waals surface area contributed by atoms with Crippen molar-refractivity contribution in [3.63, 3.8) is 0 Å². The third kappa shape index (κ3) is 6.77. The summed E-state index contributed by atoms with van der Waals surface area (Å²) in [6.07, 6.45) is -11.8. The third-order valence-corrected chi connectivity index (χ3v) is 7.65. The van der Waals surface area contributed by atoms with E-state index in [9.17, 15) is 35.9 Å². The first-order valence-electron chi connectivity index (χ1n) is 14.2. The van der Waals surface area contributed by atoms with Crippen LogP contribution in [0.3, 0.4) is 0 Å². The molecular formula is C33H28F6N4O4. The van der Waals surface area contributed by atoms with Gasteiger partial charge in [0.15, 0.2) is 0 Å². The zero-order chi connectivity index (χ0) is 34.1. The quantitative estimate of drug-likeness (QED) is 0.189. The van der Waals surface area contributed by atoms with E-state index in [4.69, 9.17) is 9.47 Å². The minimum atomic E-state index is -5.08. The molecule has 0 radical (unpaired) electrons. The fraction of sp³-hybridized carbons (Fsp3) is 0.273. The Morgan fingerprint density at radius 1 is 0.894 bits per heavy atom. The van der Waals surface area contributed by atoms with Crippen LogP contribution in [0.2, 0.25) is 0 Å². The van der Waals surface area contributed by atoms with Gasteiger partial charge < -0.3 is 14.4 Å². The van der Waals surface area contributed by atoms with Crippen molar-refractivity contribution in [1.82, 2.24) is 15.3 Å². The molecule has 1 amide bonds. The van der Waals surface area contributed by atoms with Crippen molar-refractivity contribution in [2.24, 2.45) is 0 Å². The molecule has 2 heterocycles. The van der Waals surface area contributed by atoms with Crippen LogP contribution in [-0.2, 0) is 38.8 Å². The minimum Gasteiger partial charge on any atom is -0.466 e. The van der Waals surface area contributed by atoms with Crippen LogP contribution in [0, 0.1) is 13.8 Å². The normalized spacial score (nSPS) is 17.5. The molecule has 0 unspecified atom stereocenters. The number of halogens is 6. The number of alkyl halides is 6. The molecule has 1 aliphatic heterocycles. The van der Waals surface area contributed by atoms with Crippen molar-refractivity contribution >= 4 is 17.6 Å². The average molecular weight is 659 g/mol. The standard InChI is InChI=1S/C33H28F6N4O4/c1-19-13-20(2)42-30(41-19)47-28(29(45)46-3)31(22-9-5-4-6-10-22)25-11-7-8-12-26(25)43(27(44)17-40-31)18-21-14-23(32(34,35)36)16-24(15-21)33(37,38)39/h4-16,28,40H,17-18H2,1-3H3/t28-,31+/m1/s1. The topological polar surface area (TPSA) is 93.6 Å². The molecule has 5 rings (SSSR count). The molecule has 47 heavy (non-hydrogen) atoms. The number of hydrogen-bond donors (Lipinski definition) is 1. The summed E-state index contributed by atoms with van der Waals surface area (Å²) in [5.74, 6) is -1.58. The molecule has 2 atom stereocenters. The maximum atomic E-state index is 13.8. The number of anilines is 1. The van der Waals surface area contributed by atoms with Gasteiger partial charge >= 0.3 is 24.3 Å². The Bertz CT molecular complexity index is 1750. The lowest BCUT2D eigenvalue weighted by atomic mass is 9.77. The summed E-state index contributed by atoms with van der Waals surface area (Å²) in [6.45, 7) is 2.24. The zero-order valence-electron chi connectivity index (χ0n) is 25.2. The number of nitrogens with one attached hydrogen (secondary N) is 1. The highest BCUT2D eigenvalue weighted by atomic mass is 19.4. The van der Waals surface area contributed by atoms with Crippen LogP contribution in [0.4, 0.5) is 32.0 Å². The maximum Gasteiger partial charge on any atom is 0.416 e. The molecule has 4 aromatic rings. The number of hydrogen-bond acceptors (Lipinski definition) is 7. The lowest BCUT2D eigenvalue weighted by Gasteiger charge is -2.40. The van der Waals surface area contributed by atoms with Crippen molar-refractivity contribution in [3.8, 4) is 6.01 Å². The number of rotatable bonds is 7. The van der Waals surface area contributed by atoms with E-state index in [1.54, 1.807) is 68.4 Å². The number of fused-ring (bicyclic) bond motifs is 1. The van der Waals surface area contributed by atoms with Crippen LogP contribution >= 0.6 is 0 Å². The van der Waals surface area contributed by atoms with Crippen molar-refractivity contribution in [3.05, 3.63) is 118 Å². The summed E-state index contributed by atoms with van der Waals surface area (Å²) in [5.41, 5.74) is -3.27. The highest BCUT2D eigenvalue weighted by molar-refractivity contribution is 5.97. The van der Waals surface area contributed by atoms with Gasteiger partial charge in [0.2, 0.25) is 12.0 Å². The second-order valence-electron chi connectivity index (χ2n) is 10.9. The molecule has 1 aromatic heterocycles. The molecule has 246 valence electrons. The second kappa shape index (κ2) is 12.7. The number of carbonyl (C=O) groups is 2. The highest BCUT2D eigenvalue weighted by Gasteiger charge is 2.52. The van der Waals surface area contributed by atoms with Gasteiger partial charge in [0.25, 0.3) is 0 Å². The van der Waals surface area contributed by atoms with E-state index in [1.807, 2.05) is 0 Å². The second-order valence-corrected chi connectivity index (χ2v) is 10.9. The van der Waals surface area contributed by atoms with Crippen molar-refractivity contribution in [2.45, 2.75) is 44.4 Å². The Morgan fingerprint density at radius 3 is 2.04 bits per heavy atom. The number of esters is 1. The predicted octanol–water partition coefficient (Wildman–Crippen LogP) is 6.13. The zero-order valence-corrected chi connectivity index (χ0v) is 25.2. The molecule has 8 nitrogen and oxygen atoms in total. The van der Waals surface area contributed by atoms with Gasteiger partial charge in [-0.15, -0.1) is 0 Å². The first kappa shape index (κ1) is 33.4. The molecule has 0 bridgehead atoms. The van der Waals surface area contributed by atoms with Gasteiger partial charge in [0, 0.05) is 22.6 Å². The lowest BCUT2D eigenvalue weighted by Crippen LogP contribution is -2.59. The molecule has 0 saturated carbocycles. The molecule has 1 N–H and O–H groups in total. The number of ether oxygens (including phenoxy) is 2. The van der Waals surface area contributed by atoms with E-state index >= 15 is 0 Å². The molecule has 0 saturated heterocycles. The molecule has 1 aliphatic rings. The Hall–Kier alpha value is -4.98. The van der Waals surface area contributed by atoms with E-state index < -0.39 is 65.7 Å². The number of amides is 1. The number of aromatic nitrogens is 2. The van der Waals surface area contributed by atoms with Gasteiger partial charge in [-0.3, -0.25) is 10.1 Å². The molecular weight excluding hydrogens is 630 g/mol. The average Bonchev–Trinajstić information content (AvgIpc) is 3.13. The Balaban J connectivity index is 1.72. The largest absolute Gasteiger partial charge is 0.466 e. The van der Waals surface area contributed by atoms with E-state index in [2.05, 4.69) is 15.3 Å². The van der Waals surface area contributed by atoms with Gasteiger partial charge in [-0.1, -0.05) is 48.5 Å². The number of nitrogens with zero attached hydrogens (tertiary/aromatic N) is 3. The van der Waals surface area contributed by atoms with Crippen LogP contribution < -0.4 is 15.0 Å². The summed E-state index contributed by atoms with van der Waals surface area (Å²) in [4.78, 5) is 37.1. The van der Waals surface area contributed by atoms with E-state index in [-0.39, 0.29) is 23.3 Å². The fourth-order valence-electron chi connectivity index (χ4n) is 5.66. The first-order valence-corrected chi connectivity index (χ1v) is 14.2. The summed E-state index contributed by atoms with van der Waals surface area (Å²) < 4.78 is 93.5. The van der Waals surface area contributed by atoms with Crippen LogP contribution in [0.1, 0.15) is 39.2 Å². The molecule has 3 aromatic carbocycles. The minimum absolute atomic E-state index is 0.0249. The van der Waals surface area contributed by atoms with Crippen molar-refractivity contribution in [2.75, 3.05) is 18.6 Å².